The minimum Gasteiger partial charge on any atom is -0.423 e. The highest BCUT2D eigenvalue weighted by Gasteiger charge is 2.13. The maximum absolute atomic E-state index is 5.69. The van der Waals surface area contributed by atoms with Gasteiger partial charge in [0.1, 0.15) is 5.52 Å². The van der Waals surface area contributed by atoms with Crippen molar-refractivity contribution in [1.29, 1.82) is 0 Å². The van der Waals surface area contributed by atoms with E-state index in [0.29, 0.717) is 24.3 Å². The van der Waals surface area contributed by atoms with Crippen LogP contribution in [0.1, 0.15) is 17.3 Å². The normalized spacial score (nSPS) is 11.1. The van der Waals surface area contributed by atoms with Gasteiger partial charge in [0.25, 0.3) is 6.01 Å². The van der Waals surface area contributed by atoms with Crippen LogP contribution in [0.25, 0.3) is 11.1 Å². The number of hydrogen-bond acceptors (Lipinski definition) is 6. The van der Waals surface area contributed by atoms with Crippen molar-refractivity contribution < 1.29 is 8.94 Å². The minimum absolute atomic E-state index is 0.489. The molecule has 0 unspecified atom stereocenters. The smallest absolute Gasteiger partial charge is 0.298 e. The van der Waals surface area contributed by atoms with Gasteiger partial charge in [0.15, 0.2) is 11.4 Å². The average Bonchev–Trinajstić information content (AvgIpc) is 2.95. The van der Waals surface area contributed by atoms with Crippen LogP contribution >= 0.6 is 0 Å². The summed E-state index contributed by atoms with van der Waals surface area (Å²) in [5.74, 6) is 1.16. The fourth-order valence-electron chi connectivity index (χ4n) is 1.87. The van der Waals surface area contributed by atoms with E-state index in [1.165, 1.54) is 0 Å². The maximum atomic E-state index is 5.69. The molecule has 2 aromatic heterocycles. The van der Waals surface area contributed by atoms with Crippen LogP contribution in [-0.4, -0.2) is 22.2 Å². The van der Waals surface area contributed by atoms with Gasteiger partial charge in [-0.25, -0.2) is 0 Å². The number of aryl methyl sites for hydroxylation is 2. The lowest BCUT2D eigenvalue weighted by molar-refractivity contribution is 0.387. The molecule has 98 valence electrons. The van der Waals surface area contributed by atoms with E-state index in [1.807, 2.05) is 37.1 Å². The second-order valence-electron chi connectivity index (χ2n) is 4.55. The van der Waals surface area contributed by atoms with E-state index < -0.39 is 0 Å². The van der Waals surface area contributed by atoms with E-state index in [2.05, 4.69) is 15.1 Å². The minimum atomic E-state index is 0.489. The zero-order chi connectivity index (χ0) is 13.4. The summed E-state index contributed by atoms with van der Waals surface area (Å²) in [5, 5.41) is 3.85. The predicted octanol–water partition coefficient (Wildman–Crippen LogP) is 2.46. The summed E-state index contributed by atoms with van der Waals surface area (Å²) >= 11 is 0. The van der Waals surface area contributed by atoms with Crippen molar-refractivity contribution >= 4 is 17.1 Å². The Bertz CT molecular complexity index is 716. The quantitative estimate of drug-likeness (QED) is 0.718. The number of oxazole rings is 1. The molecule has 0 bridgehead atoms. The van der Waals surface area contributed by atoms with Crippen molar-refractivity contribution in [3.8, 4) is 0 Å². The first-order valence-electron chi connectivity index (χ1n) is 5.99. The Hall–Kier alpha value is -2.37. The number of fused-ring (bicyclic) bond motifs is 1. The summed E-state index contributed by atoms with van der Waals surface area (Å²) in [6.45, 7) is 4.28. The van der Waals surface area contributed by atoms with Crippen molar-refractivity contribution in [1.82, 2.24) is 15.1 Å². The largest absolute Gasteiger partial charge is 0.423 e. The molecule has 0 N–H and O–H groups in total. The first-order chi connectivity index (χ1) is 9.11. The Morgan fingerprint density at radius 3 is 2.79 bits per heavy atom. The topological polar surface area (TPSA) is 68.2 Å². The molecule has 0 aliphatic heterocycles. The number of aromatic nitrogens is 3. The van der Waals surface area contributed by atoms with Crippen molar-refractivity contribution in [2.24, 2.45) is 0 Å². The fourth-order valence-corrected chi connectivity index (χ4v) is 1.87. The van der Waals surface area contributed by atoms with E-state index in [4.69, 9.17) is 8.94 Å². The molecule has 6 heteroatoms. The van der Waals surface area contributed by atoms with Crippen LogP contribution in [0.5, 0.6) is 0 Å². The lowest BCUT2D eigenvalue weighted by Gasteiger charge is -2.10. The summed E-state index contributed by atoms with van der Waals surface area (Å²) in [6, 6.07) is 6.46. The van der Waals surface area contributed by atoms with Gasteiger partial charge in [0, 0.05) is 14.0 Å². The number of rotatable bonds is 3. The lowest BCUT2D eigenvalue weighted by Crippen LogP contribution is -2.17. The van der Waals surface area contributed by atoms with Crippen LogP contribution in [0.4, 0.5) is 6.01 Å². The van der Waals surface area contributed by atoms with E-state index in [9.17, 15) is 0 Å². The molecule has 0 radical (unpaired) electrons. The Morgan fingerprint density at radius 2 is 2.05 bits per heavy atom. The molecule has 3 aromatic rings. The van der Waals surface area contributed by atoms with Gasteiger partial charge in [-0.3, -0.25) is 0 Å². The third kappa shape index (κ3) is 2.29. The maximum Gasteiger partial charge on any atom is 0.298 e. The van der Waals surface area contributed by atoms with Crippen LogP contribution in [0.15, 0.2) is 27.1 Å². The zero-order valence-corrected chi connectivity index (χ0v) is 11.0. The van der Waals surface area contributed by atoms with Crippen molar-refractivity contribution in [3.63, 3.8) is 0 Å². The molecule has 2 heterocycles. The fraction of sp³-hybridized carbons (Fsp3) is 0.308. The Kier molecular flexibility index (Phi) is 2.70. The van der Waals surface area contributed by atoms with Crippen LogP contribution in [0.2, 0.25) is 0 Å². The SMILES string of the molecule is Cc1ccc2oc(N(C)Cc3noc(C)n3)nc2c1. The molecule has 0 aliphatic carbocycles. The summed E-state index contributed by atoms with van der Waals surface area (Å²) in [7, 11) is 1.88. The molecule has 19 heavy (non-hydrogen) atoms. The molecule has 6 nitrogen and oxygen atoms in total. The Morgan fingerprint density at radius 1 is 1.21 bits per heavy atom. The van der Waals surface area contributed by atoms with Gasteiger partial charge in [0.2, 0.25) is 5.89 Å². The van der Waals surface area contributed by atoms with Gasteiger partial charge in [-0.2, -0.15) is 9.97 Å². The molecule has 0 saturated carbocycles. The highest BCUT2D eigenvalue weighted by Crippen LogP contribution is 2.22. The number of anilines is 1. The average molecular weight is 258 g/mol. The van der Waals surface area contributed by atoms with Crippen molar-refractivity contribution in [3.05, 3.63) is 35.5 Å². The van der Waals surface area contributed by atoms with Gasteiger partial charge in [-0.05, 0) is 24.6 Å². The third-order valence-electron chi connectivity index (χ3n) is 2.81. The lowest BCUT2D eigenvalue weighted by atomic mass is 10.2. The molecular formula is C13H14N4O2. The second-order valence-corrected chi connectivity index (χ2v) is 4.55. The van der Waals surface area contributed by atoms with Crippen molar-refractivity contribution in [2.75, 3.05) is 11.9 Å². The summed E-state index contributed by atoms with van der Waals surface area (Å²) in [5.41, 5.74) is 2.78. The van der Waals surface area contributed by atoms with Crippen LogP contribution in [0.3, 0.4) is 0 Å². The third-order valence-corrected chi connectivity index (χ3v) is 2.81. The molecule has 0 fully saturated rings. The van der Waals surface area contributed by atoms with Crippen LogP contribution < -0.4 is 4.90 Å². The predicted molar refractivity (Wildman–Crippen MR) is 69.9 cm³/mol. The number of hydrogen-bond donors (Lipinski definition) is 0. The zero-order valence-electron chi connectivity index (χ0n) is 11.0. The number of nitrogens with zero attached hydrogens (tertiary/aromatic N) is 4. The molecule has 0 amide bonds. The second kappa shape index (κ2) is 4.38. The first kappa shape index (κ1) is 11.7. The standard InChI is InChI=1S/C13H14N4O2/c1-8-4-5-11-10(6-8)15-13(18-11)17(3)7-12-14-9(2)19-16-12/h4-6H,7H2,1-3H3. The van der Waals surface area contributed by atoms with Gasteiger partial charge in [0.05, 0.1) is 6.54 Å². The Balaban J connectivity index is 1.86. The van der Waals surface area contributed by atoms with Gasteiger partial charge >= 0.3 is 0 Å². The summed E-state index contributed by atoms with van der Waals surface area (Å²) in [6.07, 6.45) is 0. The molecule has 1 aromatic carbocycles. The highest BCUT2D eigenvalue weighted by atomic mass is 16.5. The molecular weight excluding hydrogens is 244 g/mol. The Labute approximate surface area is 110 Å². The number of benzene rings is 1. The molecule has 0 saturated heterocycles. The monoisotopic (exact) mass is 258 g/mol. The van der Waals surface area contributed by atoms with Crippen LogP contribution in [-0.2, 0) is 6.54 Å². The van der Waals surface area contributed by atoms with Crippen molar-refractivity contribution in [2.45, 2.75) is 20.4 Å². The first-order valence-corrected chi connectivity index (χ1v) is 5.99. The molecule has 0 spiro atoms. The van der Waals surface area contributed by atoms with E-state index in [0.717, 1.165) is 16.7 Å². The molecule has 3 rings (SSSR count). The van der Waals surface area contributed by atoms with Gasteiger partial charge < -0.3 is 13.8 Å². The highest BCUT2D eigenvalue weighted by molar-refractivity contribution is 5.75. The molecule has 0 atom stereocenters. The van der Waals surface area contributed by atoms with E-state index >= 15 is 0 Å². The molecule has 0 aliphatic rings. The van der Waals surface area contributed by atoms with Gasteiger partial charge in [-0.1, -0.05) is 11.2 Å². The summed E-state index contributed by atoms with van der Waals surface area (Å²) in [4.78, 5) is 10.5. The van der Waals surface area contributed by atoms with Crippen LogP contribution in [0, 0.1) is 13.8 Å². The summed E-state index contributed by atoms with van der Waals surface area (Å²) < 4.78 is 10.6. The van der Waals surface area contributed by atoms with E-state index in [-0.39, 0.29) is 0 Å². The van der Waals surface area contributed by atoms with Gasteiger partial charge in [-0.15, -0.1) is 0 Å². The van der Waals surface area contributed by atoms with E-state index in [1.54, 1.807) is 6.92 Å².